The minimum atomic E-state index is -1.98. The van der Waals surface area contributed by atoms with Gasteiger partial charge in [-0.2, -0.15) is 0 Å². The monoisotopic (exact) mass is 1300 g/mol. The number of rotatable bonds is 59. The second-order valence-electron chi connectivity index (χ2n) is 27.1. The van der Waals surface area contributed by atoms with Crippen LogP contribution in [0.1, 0.15) is 309 Å². The molecule has 17 atom stereocenters. The van der Waals surface area contributed by atoms with Crippen LogP contribution in [0.15, 0.2) is 12.2 Å². The number of hydrogen-bond acceptors (Lipinski definition) is 18. The molecule has 0 aromatic carbocycles. The molecule has 0 aromatic rings. The van der Waals surface area contributed by atoms with Gasteiger partial charge in [-0.15, -0.1) is 0 Å². The molecule has 91 heavy (non-hydrogen) atoms. The van der Waals surface area contributed by atoms with Gasteiger partial charge in [0.15, 0.2) is 18.9 Å². The summed E-state index contributed by atoms with van der Waals surface area (Å²) in [5.41, 5.74) is 0. The Bertz CT molecular complexity index is 1700. The summed E-state index contributed by atoms with van der Waals surface area (Å²) in [6.45, 7) is 1.76. The quantitative estimate of drug-likeness (QED) is 0.0199. The van der Waals surface area contributed by atoms with Crippen LogP contribution in [0.25, 0.3) is 0 Å². The van der Waals surface area contributed by atoms with E-state index < -0.39 is 124 Å². The Labute approximate surface area is 550 Å². The van der Waals surface area contributed by atoms with Gasteiger partial charge in [0.25, 0.3) is 0 Å². The first-order valence-electron chi connectivity index (χ1n) is 37.4. The number of allylic oxidation sites excluding steroid dienone is 1. The van der Waals surface area contributed by atoms with Crippen molar-refractivity contribution in [1.29, 1.82) is 0 Å². The van der Waals surface area contributed by atoms with Gasteiger partial charge in [0, 0.05) is 6.42 Å². The average Bonchev–Trinajstić information content (AvgIpc) is 0.876. The zero-order valence-electron chi connectivity index (χ0n) is 57.1. The Morgan fingerprint density at radius 1 is 0.385 bits per heavy atom. The Balaban J connectivity index is 1.33. The molecule has 538 valence electrons. The maximum atomic E-state index is 13.4. The lowest BCUT2D eigenvalue weighted by atomic mass is 9.96. The topological polar surface area (TPSA) is 307 Å². The van der Waals surface area contributed by atoms with Crippen LogP contribution in [0.2, 0.25) is 0 Å². The normalized spacial score (nSPS) is 27.9. The summed E-state index contributed by atoms with van der Waals surface area (Å²) in [5, 5.41) is 120. The third kappa shape index (κ3) is 36.1. The van der Waals surface area contributed by atoms with Crippen LogP contribution in [-0.4, -0.2) is 193 Å². The summed E-state index contributed by atoms with van der Waals surface area (Å²) in [6, 6.07) is -0.968. The molecular formula is C72H137NO18. The molecule has 0 aliphatic carbocycles. The Kier molecular flexibility index (Phi) is 50.2. The van der Waals surface area contributed by atoms with Gasteiger partial charge >= 0.3 is 0 Å². The standard InChI is InChI=1S/C72H137NO18/c1-3-5-7-9-11-13-15-17-18-19-20-21-22-23-24-25-26-27-28-29-30-31-32-33-34-35-36-38-40-42-44-46-48-50-60(78)73-55(56(77)49-47-45-43-41-39-37-16-14-12-10-8-6-4-2)54-86-70-66(84)63(81)68(58(52-75)88-70)91-72-67(85)64(82)69(59(53-76)89-72)90-71-65(83)62(80)61(79)57(51-74)87-71/h47,49,55-59,61-72,74-77,79-85H,3-46,48,50-54H2,1-2H3,(H,73,78)/b49-47+. The van der Waals surface area contributed by atoms with Gasteiger partial charge in [0.2, 0.25) is 5.91 Å². The third-order valence-corrected chi connectivity index (χ3v) is 19.1. The number of carbonyl (C=O) groups is 1. The van der Waals surface area contributed by atoms with Crippen LogP contribution in [0, 0.1) is 0 Å². The fraction of sp³-hybridized carbons (Fsp3) is 0.958. The van der Waals surface area contributed by atoms with Gasteiger partial charge in [-0.05, 0) is 19.3 Å². The third-order valence-electron chi connectivity index (χ3n) is 19.1. The molecule has 0 saturated carbocycles. The van der Waals surface area contributed by atoms with Gasteiger partial charge < -0.3 is 89.9 Å². The van der Waals surface area contributed by atoms with Crippen molar-refractivity contribution in [1.82, 2.24) is 5.32 Å². The van der Waals surface area contributed by atoms with E-state index in [9.17, 15) is 61.0 Å². The van der Waals surface area contributed by atoms with Crippen molar-refractivity contribution >= 4 is 5.91 Å². The summed E-state index contributed by atoms with van der Waals surface area (Å²) >= 11 is 0. The highest BCUT2D eigenvalue weighted by molar-refractivity contribution is 5.76. The van der Waals surface area contributed by atoms with Gasteiger partial charge in [0.1, 0.15) is 73.2 Å². The minimum absolute atomic E-state index is 0.250. The van der Waals surface area contributed by atoms with Crippen molar-refractivity contribution in [3.05, 3.63) is 12.2 Å². The van der Waals surface area contributed by atoms with E-state index in [1.165, 1.54) is 238 Å². The lowest BCUT2D eigenvalue weighted by Crippen LogP contribution is -2.66. The van der Waals surface area contributed by atoms with E-state index in [4.69, 9.17) is 28.4 Å². The zero-order valence-corrected chi connectivity index (χ0v) is 57.1. The molecule has 12 N–H and O–H groups in total. The van der Waals surface area contributed by atoms with Crippen LogP contribution < -0.4 is 5.32 Å². The average molecular weight is 1300 g/mol. The molecular weight excluding hydrogens is 1170 g/mol. The predicted octanol–water partition coefficient (Wildman–Crippen LogP) is 10.8. The first-order valence-corrected chi connectivity index (χ1v) is 37.4. The molecule has 3 aliphatic heterocycles. The zero-order chi connectivity index (χ0) is 66.1. The van der Waals surface area contributed by atoms with Crippen LogP contribution in [-0.2, 0) is 33.2 Å². The molecule has 0 radical (unpaired) electrons. The van der Waals surface area contributed by atoms with Crippen LogP contribution in [0.5, 0.6) is 0 Å². The summed E-state index contributed by atoms with van der Waals surface area (Å²) in [6.07, 6.45) is 35.1. The van der Waals surface area contributed by atoms with E-state index in [2.05, 4.69) is 19.2 Å². The maximum absolute atomic E-state index is 13.4. The number of unbranched alkanes of at least 4 members (excludes halogenated alkanes) is 43. The van der Waals surface area contributed by atoms with Gasteiger partial charge in [0.05, 0.1) is 38.6 Å². The predicted molar refractivity (Wildman–Crippen MR) is 356 cm³/mol. The molecule has 3 saturated heterocycles. The SMILES string of the molecule is CCCCCCCCCCCCC/C=C/C(O)C(COC1OC(CO)C(OC2OC(CO)C(OC3OC(CO)C(O)C(O)C3O)C(O)C2O)C(O)C1O)NC(=O)CCCCCCCCCCCCCCCCCCCCCCCCCCCCCCCCCCC. The molecule has 0 aromatic heterocycles. The van der Waals surface area contributed by atoms with Gasteiger partial charge in [-0.1, -0.05) is 296 Å². The Morgan fingerprint density at radius 3 is 1.03 bits per heavy atom. The lowest BCUT2D eigenvalue weighted by Gasteiger charge is -2.48. The number of aliphatic hydroxyl groups is 11. The van der Waals surface area contributed by atoms with Crippen molar-refractivity contribution < 1.29 is 89.4 Å². The maximum Gasteiger partial charge on any atom is 0.220 e. The smallest absolute Gasteiger partial charge is 0.220 e. The summed E-state index contributed by atoms with van der Waals surface area (Å²) in [5.74, 6) is -0.269. The number of ether oxygens (including phenoxy) is 6. The molecule has 3 fully saturated rings. The van der Waals surface area contributed by atoms with E-state index >= 15 is 0 Å². The summed E-state index contributed by atoms with van der Waals surface area (Å²) in [7, 11) is 0. The van der Waals surface area contributed by atoms with Crippen LogP contribution >= 0.6 is 0 Å². The van der Waals surface area contributed by atoms with E-state index in [1.807, 2.05) is 6.08 Å². The molecule has 0 spiro atoms. The molecule has 17 unspecified atom stereocenters. The number of aliphatic hydroxyl groups excluding tert-OH is 11. The van der Waals surface area contributed by atoms with Crippen molar-refractivity contribution in [3.63, 3.8) is 0 Å². The van der Waals surface area contributed by atoms with Crippen molar-refractivity contribution in [3.8, 4) is 0 Å². The van der Waals surface area contributed by atoms with Crippen molar-refractivity contribution in [2.45, 2.75) is 413 Å². The number of nitrogens with one attached hydrogen (secondary N) is 1. The second kappa shape index (κ2) is 54.5. The van der Waals surface area contributed by atoms with E-state index in [1.54, 1.807) is 6.08 Å². The largest absolute Gasteiger partial charge is 0.394 e. The van der Waals surface area contributed by atoms with Gasteiger partial charge in [-0.3, -0.25) is 4.79 Å². The highest BCUT2D eigenvalue weighted by Crippen LogP contribution is 2.33. The molecule has 0 bridgehead atoms. The fourth-order valence-corrected chi connectivity index (χ4v) is 13.0. The van der Waals surface area contributed by atoms with E-state index in [-0.39, 0.29) is 18.9 Å². The highest BCUT2D eigenvalue weighted by Gasteiger charge is 2.53. The molecule has 19 heteroatoms. The Hall–Kier alpha value is -1.47. The van der Waals surface area contributed by atoms with E-state index in [0.29, 0.717) is 6.42 Å². The summed E-state index contributed by atoms with van der Waals surface area (Å²) in [4.78, 5) is 13.4. The molecule has 3 aliphatic rings. The van der Waals surface area contributed by atoms with Crippen molar-refractivity contribution in [2.24, 2.45) is 0 Å². The molecule has 3 rings (SSSR count). The van der Waals surface area contributed by atoms with Crippen LogP contribution in [0.3, 0.4) is 0 Å². The van der Waals surface area contributed by atoms with Crippen molar-refractivity contribution in [2.75, 3.05) is 26.4 Å². The second-order valence-corrected chi connectivity index (χ2v) is 27.1. The lowest BCUT2D eigenvalue weighted by molar-refractivity contribution is -0.379. The number of carbonyl (C=O) groups excluding carboxylic acids is 1. The first-order chi connectivity index (χ1) is 44.3. The van der Waals surface area contributed by atoms with Gasteiger partial charge in [-0.25, -0.2) is 0 Å². The Morgan fingerprint density at radius 2 is 0.681 bits per heavy atom. The first kappa shape index (κ1) is 83.8. The van der Waals surface area contributed by atoms with Crippen LogP contribution in [0.4, 0.5) is 0 Å². The number of hydrogen-bond donors (Lipinski definition) is 12. The fourth-order valence-electron chi connectivity index (χ4n) is 13.0. The minimum Gasteiger partial charge on any atom is -0.394 e. The molecule has 19 nitrogen and oxygen atoms in total. The molecule has 1 amide bonds. The highest BCUT2D eigenvalue weighted by atomic mass is 16.8. The molecule has 3 heterocycles. The number of amides is 1. The van der Waals surface area contributed by atoms with E-state index in [0.717, 1.165) is 44.9 Å². The summed E-state index contributed by atoms with van der Waals surface area (Å²) < 4.78 is 34.3.